The fourth-order valence-corrected chi connectivity index (χ4v) is 3.41. The second-order valence-corrected chi connectivity index (χ2v) is 6.75. The molecule has 0 aliphatic heterocycles. The van der Waals surface area contributed by atoms with Gasteiger partial charge in [-0.2, -0.15) is 0 Å². The van der Waals surface area contributed by atoms with E-state index in [4.69, 9.17) is 10.5 Å². The van der Waals surface area contributed by atoms with Crippen LogP contribution < -0.4 is 21.3 Å². The van der Waals surface area contributed by atoms with Gasteiger partial charge in [0.15, 0.2) is 5.75 Å². The van der Waals surface area contributed by atoms with Gasteiger partial charge in [0.25, 0.3) is 5.43 Å². The van der Waals surface area contributed by atoms with E-state index < -0.39 is 10.9 Å². The number of benzene rings is 2. The van der Waals surface area contributed by atoms with Crippen LogP contribution in [0.2, 0.25) is 0 Å². The average Bonchev–Trinajstić information content (AvgIpc) is 2.57. The van der Waals surface area contributed by atoms with Gasteiger partial charge in [-0.1, -0.05) is 42.1 Å². The molecule has 122 valence electrons. The summed E-state index contributed by atoms with van der Waals surface area (Å²) in [5, 5.41) is 0. The second kappa shape index (κ2) is 6.53. The summed E-state index contributed by atoms with van der Waals surface area (Å²) in [6.07, 6.45) is -0.170. The minimum atomic E-state index is -0.558. The van der Waals surface area contributed by atoms with Crippen molar-refractivity contribution < 1.29 is 4.74 Å². The summed E-state index contributed by atoms with van der Waals surface area (Å²) in [7, 11) is 0. The van der Waals surface area contributed by atoms with Gasteiger partial charge in [-0.25, -0.2) is 0 Å². The van der Waals surface area contributed by atoms with E-state index in [1.165, 1.54) is 11.8 Å². The Morgan fingerprint density at radius 1 is 0.917 bits per heavy atom. The van der Waals surface area contributed by atoms with E-state index >= 15 is 0 Å². The zero-order valence-corrected chi connectivity index (χ0v) is 14.2. The third-order valence-electron chi connectivity index (χ3n) is 3.52. The number of ether oxygens (including phenoxy) is 1. The summed E-state index contributed by atoms with van der Waals surface area (Å²) in [5.41, 5.74) is 6.67. The fraction of sp³-hybridized carbons (Fsp3) is 0.158. The van der Waals surface area contributed by atoms with Crippen molar-refractivity contribution in [1.29, 1.82) is 0 Å². The molecule has 0 bridgehead atoms. The maximum absolute atomic E-state index is 12.1. The average molecular weight is 339 g/mol. The van der Waals surface area contributed by atoms with Crippen LogP contribution in [0.4, 0.5) is 5.69 Å². The van der Waals surface area contributed by atoms with Crippen molar-refractivity contribution >= 4 is 17.4 Å². The van der Waals surface area contributed by atoms with Gasteiger partial charge in [0, 0.05) is 21.0 Å². The summed E-state index contributed by atoms with van der Waals surface area (Å²) in [6, 6.07) is 15.0. The molecule has 0 unspecified atom stereocenters. The summed E-state index contributed by atoms with van der Waals surface area (Å²) >= 11 is 1.46. The predicted octanol–water partition coefficient (Wildman–Crippen LogP) is 3.47. The van der Waals surface area contributed by atoms with Crippen molar-refractivity contribution in [2.45, 2.75) is 29.7 Å². The lowest BCUT2D eigenvalue weighted by Crippen LogP contribution is -2.35. The Kier molecular flexibility index (Phi) is 4.44. The molecular weight excluding hydrogens is 322 g/mol. The van der Waals surface area contributed by atoms with E-state index in [-0.39, 0.29) is 11.9 Å². The van der Waals surface area contributed by atoms with E-state index in [0.29, 0.717) is 16.8 Å². The van der Waals surface area contributed by atoms with E-state index in [2.05, 4.69) is 0 Å². The molecule has 3 rings (SSSR count). The standard InChI is InChI=1S/C19H17NO3S/c1-11(2)23-19-16(17(21)18(19)22)12-7-3-5-9-14(12)24-15-10-6-4-8-13(15)20/h3-11H,20H2,1-2H3. The molecule has 0 saturated carbocycles. The first-order valence-electron chi connectivity index (χ1n) is 7.60. The van der Waals surface area contributed by atoms with Crippen molar-refractivity contribution in [3.05, 3.63) is 69.0 Å². The van der Waals surface area contributed by atoms with Crippen LogP contribution in [0.5, 0.6) is 5.75 Å². The molecule has 4 nitrogen and oxygen atoms in total. The molecule has 3 aromatic rings. The van der Waals surface area contributed by atoms with Gasteiger partial charge >= 0.3 is 0 Å². The number of hydrogen-bond donors (Lipinski definition) is 1. The highest BCUT2D eigenvalue weighted by molar-refractivity contribution is 7.99. The van der Waals surface area contributed by atoms with Crippen LogP contribution in [0.3, 0.4) is 0 Å². The Hall–Kier alpha value is -2.53. The predicted molar refractivity (Wildman–Crippen MR) is 97.5 cm³/mol. The summed E-state index contributed by atoms with van der Waals surface area (Å²) in [5.74, 6) is 0.157. The topological polar surface area (TPSA) is 69.4 Å². The summed E-state index contributed by atoms with van der Waals surface area (Å²) in [6.45, 7) is 3.65. The highest BCUT2D eigenvalue weighted by atomic mass is 32.2. The van der Waals surface area contributed by atoms with E-state index in [9.17, 15) is 9.59 Å². The molecule has 5 heteroatoms. The van der Waals surface area contributed by atoms with Gasteiger partial charge in [-0.05, 0) is 32.0 Å². The third kappa shape index (κ3) is 2.95. The SMILES string of the molecule is CC(C)Oc1c(-c2ccccc2Sc2ccccc2N)c(=O)c1=O. The van der Waals surface area contributed by atoms with Gasteiger partial charge in [-0.3, -0.25) is 9.59 Å². The molecule has 0 spiro atoms. The molecule has 3 aromatic carbocycles. The largest absolute Gasteiger partial charge is 0.486 e. The Morgan fingerprint density at radius 3 is 2.21 bits per heavy atom. The van der Waals surface area contributed by atoms with Crippen LogP contribution in [0.25, 0.3) is 11.1 Å². The molecule has 0 fully saturated rings. The maximum atomic E-state index is 12.1. The number of rotatable bonds is 5. The molecule has 0 amide bonds. The zero-order valence-electron chi connectivity index (χ0n) is 13.4. The number of nitrogens with two attached hydrogens (primary N) is 1. The molecule has 0 aliphatic carbocycles. The lowest BCUT2D eigenvalue weighted by atomic mass is 10.00. The van der Waals surface area contributed by atoms with Crippen molar-refractivity contribution in [1.82, 2.24) is 0 Å². The number of nitrogen functional groups attached to an aromatic ring is 1. The molecule has 24 heavy (non-hydrogen) atoms. The Morgan fingerprint density at radius 2 is 1.54 bits per heavy atom. The van der Waals surface area contributed by atoms with Gasteiger partial charge in [0.1, 0.15) is 0 Å². The molecule has 2 N–H and O–H groups in total. The Balaban J connectivity index is 2.06. The third-order valence-corrected chi connectivity index (χ3v) is 4.68. The number of hydrogen-bond acceptors (Lipinski definition) is 5. The summed E-state index contributed by atoms with van der Waals surface area (Å²) in [4.78, 5) is 25.7. The van der Waals surface area contributed by atoms with Crippen LogP contribution >= 0.6 is 11.8 Å². The zero-order chi connectivity index (χ0) is 17.3. The first kappa shape index (κ1) is 16.3. The molecule has 0 radical (unpaired) electrons. The van der Waals surface area contributed by atoms with Gasteiger partial charge in [0.2, 0.25) is 5.43 Å². The second-order valence-electron chi connectivity index (χ2n) is 5.67. The fourth-order valence-electron chi connectivity index (χ4n) is 2.42. The Labute approximate surface area is 144 Å². The smallest absolute Gasteiger partial charge is 0.268 e. The normalized spacial score (nSPS) is 11.1. The lowest BCUT2D eigenvalue weighted by molar-refractivity contribution is 0.238. The van der Waals surface area contributed by atoms with Crippen LogP contribution in [0.15, 0.2) is 67.9 Å². The Bertz CT molecular complexity index is 955. The highest BCUT2D eigenvalue weighted by Gasteiger charge is 2.26. The lowest BCUT2D eigenvalue weighted by Gasteiger charge is -2.17. The summed E-state index contributed by atoms with van der Waals surface area (Å²) < 4.78 is 5.54. The van der Waals surface area contributed by atoms with Crippen molar-refractivity contribution in [2.75, 3.05) is 5.73 Å². The van der Waals surface area contributed by atoms with Crippen LogP contribution in [0, 0.1) is 0 Å². The first-order valence-corrected chi connectivity index (χ1v) is 8.42. The van der Waals surface area contributed by atoms with Crippen molar-refractivity contribution in [2.24, 2.45) is 0 Å². The molecule has 0 atom stereocenters. The molecule has 0 aromatic heterocycles. The minimum absolute atomic E-state index is 0.157. The first-order chi connectivity index (χ1) is 11.5. The van der Waals surface area contributed by atoms with Crippen LogP contribution in [-0.2, 0) is 0 Å². The number of anilines is 1. The van der Waals surface area contributed by atoms with Gasteiger partial charge in [-0.15, -0.1) is 0 Å². The van der Waals surface area contributed by atoms with Crippen molar-refractivity contribution in [3.8, 4) is 16.9 Å². The maximum Gasteiger partial charge on any atom is 0.268 e. The van der Waals surface area contributed by atoms with Gasteiger partial charge in [0.05, 0.1) is 11.7 Å². The van der Waals surface area contributed by atoms with Crippen LogP contribution in [-0.4, -0.2) is 6.10 Å². The van der Waals surface area contributed by atoms with E-state index in [1.54, 1.807) is 0 Å². The quantitative estimate of drug-likeness (QED) is 0.569. The molecular formula is C19H17NO3S. The van der Waals surface area contributed by atoms with Crippen LogP contribution in [0.1, 0.15) is 13.8 Å². The van der Waals surface area contributed by atoms with E-state index in [0.717, 1.165) is 9.79 Å². The minimum Gasteiger partial charge on any atom is -0.486 e. The molecule has 0 saturated heterocycles. The van der Waals surface area contributed by atoms with E-state index in [1.807, 2.05) is 62.4 Å². The monoisotopic (exact) mass is 339 g/mol. The number of para-hydroxylation sites is 1. The molecule has 0 aliphatic rings. The highest BCUT2D eigenvalue weighted by Crippen LogP contribution is 2.39. The van der Waals surface area contributed by atoms with Gasteiger partial charge < -0.3 is 10.5 Å². The molecule has 0 heterocycles. The van der Waals surface area contributed by atoms with Crippen molar-refractivity contribution in [3.63, 3.8) is 0 Å².